The zero-order valence-electron chi connectivity index (χ0n) is 11.8. The van der Waals surface area contributed by atoms with E-state index in [1.165, 1.54) is 51.6 Å². The molecule has 1 saturated heterocycles. The third-order valence-electron chi connectivity index (χ3n) is 4.81. The summed E-state index contributed by atoms with van der Waals surface area (Å²) in [6, 6.07) is 0.898. The zero-order chi connectivity index (χ0) is 12.3. The molecule has 2 fully saturated rings. The topological polar surface area (TPSA) is 29.3 Å². The average molecular weight is 238 g/mol. The second-order valence-corrected chi connectivity index (χ2v) is 6.93. The summed E-state index contributed by atoms with van der Waals surface area (Å²) in [6.45, 7) is 8.17. The number of likely N-dealkylation sites (tertiary alicyclic amines) is 1. The Labute approximate surface area is 107 Å². The lowest BCUT2D eigenvalue weighted by molar-refractivity contribution is 0.0306. The van der Waals surface area contributed by atoms with Gasteiger partial charge in [-0.05, 0) is 56.5 Å². The summed E-state index contributed by atoms with van der Waals surface area (Å²) < 4.78 is 0. The number of piperidine rings is 1. The monoisotopic (exact) mass is 238 g/mol. The minimum Gasteiger partial charge on any atom is -0.330 e. The highest BCUT2D eigenvalue weighted by molar-refractivity contribution is 4.89. The largest absolute Gasteiger partial charge is 0.330 e. The molecular formula is C15H30N2. The van der Waals surface area contributed by atoms with E-state index in [1.54, 1.807) is 0 Å². The van der Waals surface area contributed by atoms with E-state index < -0.39 is 0 Å². The Bertz CT molecular complexity index is 235. The van der Waals surface area contributed by atoms with E-state index >= 15 is 0 Å². The molecule has 0 spiro atoms. The quantitative estimate of drug-likeness (QED) is 0.816. The van der Waals surface area contributed by atoms with Crippen LogP contribution in [0.3, 0.4) is 0 Å². The van der Waals surface area contributed by atoms with Crippen LogP contribution in [-0.2, 0) is 0 Å². The lowest BCUT2D eigenvalue weighted by Crippen LogP contribution is -2.50. The molecular weight excluding hydrogens is 208 g/mol. The van der Waals surface area contributed by atoms with Gasteiger partial charge in [-0.3, -0.25) is 4.90 Å². The lowest BCUT2D eigenvalue weighted by Gasteiger charge is -2.47. The minimum absolute atomic E-state index is 0.397. The average Bonchev–Trinajstić information content (AvgIpc) is 2.29. The van der Waals surface area contributed by atoms with Gasteiger partial charge in [-0.2, -0.15) is 0 Å². The molecule has 0 amide bonds. The first-order chi connectivity index (χ1) is 8.12. The smallest absolute Gasteiger partial charge is 0.0124 e. The van der Waals surface area contributed by atoms with E-state index in [0.717, 1.165) is 24.9 Å². The zero-order valence-corrected chi connectivity index (χ0v) is 11.8. The molecule has 17 heavy (non-hydrogen) atoms. The molecule has 0 aromatic heterocycles. The molecule has 1 saturated carbocycles. The maximum Gasteiger partial charge on any atom is 0.0124 e. The predicted molar refractivity (Wildman–Crippen MR) is 74.0 cm³/mol. The minimum atomic E-state index is 0.397. The molecule has 2 nitrogen and oxygen atoms in total. The van der Waals surface area contributed by atoms with Crippen LogP contribution in [0.2, 0.25) is 0 Å². The maximum absolute atomic E-state index is 5.73. The first-order valence-corrected chi connectivity index (χ1v) is 7.56. The Morgan fingerprint density at radius 3 is 2.59 bits per heavy atom. The second kappa shape index (κ2) is 5.71. The summed E-state index contributed by atoms with van der Waals surface area (Å²) in [5.74, 6) is 1.01. The lowest BCUT2D eigenvalue weighted by atomic mass is 9.77. The van der Waals surface area contributed by atoms with Crippen molar-refractivity contribution in [1.29, 1.82) is 0 Å². The van der Waals surface area contributed by atoms with Gasteiger partial charge in [0.2, 0.25) is 0 Å². The van der Waals surface area contributed by atoms with Crippen LogP contribution in [0.15, 0.2) is 0 Å². The summed E-state index contributed by atoms with van der Waals surface area (Å²) in [4.78, 5) is 2.79. The molecule has 2 atom stereocenters. The molecule has 1 heterocycles. The molecule has 0 aromatic carbocycles. The highest BCUT2D eigenvalue weighted by Crippen LogP contribution is 2.37. The molecule has 1 aliphatic heterocycles. The summed E-state index contributed by atoms with van der Waals surface area (Å²) in [7, 11) is 0. The van der Waals surface area contributed by atoms with Crippen LogP contribution in [0.5, 0.6) is 0 Å². The van der Waals surface area contributed by atoms with Crippen LogP contribution in [0.25, 0.3) is 0 Å². The maximum atomic E-state index is 5.73. The van der Waals surface area contributed by atoms with Crippen molar-refractivity contribution in [1.82, 2.24) is 4.90 Å². The molecule has 0 aromatic rings. The van der Waals surface area contributed by atoms with E-state index in [-0.39, 0.29) is 0 Å². The van der Waals surface area contributed by atoms with Gasteiger partial charge in [0.25, 0.3) is 0 Å². The van der Waals surface area contributed by atoms with Gasteiger partial charge in [-0.25, -0.2) is 0 Å². The van der Waals surface area contributed by atoms with E-state index in [0.29, 0.717) is 5.41 Å². The van der Waals surface area contributed by atoms with Gasteiger partial charge in [-0.15, -0.1) is 0 Å². The number of nitrogens with two attached hydrogens (primary N) is 1. The van der Waals surface area contributed by atoms with E-state index in [4.69, 9.17) is 5.73 Å². The number of rotatable bonds is 4. The second-order valence-electron chi connectivity index (χ2n) is 6.93. The van der Waals surface area contributed by atoms with Gasteiger partial charge in [0.15, 0.2) is 0 Å². The van der Waals surface area contributed by atoms with Crippen molar-refractivity contribution < 1.29 is 0 Å². The van der Waals surface area contributed by atoms with Gasteiger partial charge in [0.05, 0.1) is 0 Å². The van der Waals surface area contributed by atoms with Gasteiger partial charge in [-0.1, -0.05) is 26.7 Å². The van der Waals surface area contributed by atoms with Crippen LogP contribution in [0.1, 0.15) is 58.8 Å². The molecule has 100 valence electrons. The number of hydrogen-bond acceptors (Lipinski definition) is 2. The normalized spacial score (nSPS) is 31.2. The van der Waals surface area contributed by atoms with Crippen molar-refractivity contribution in [3.05, 3.63) is 0 Å². The molecule has 1 aliphatic carbocycles. The molecule has 0 bridgehead atoms. The molecule has 2 N–H and O–H groups in total. The Morgan fingerprint density at radius 2 is 1.82 bits per heavy atom. The Morgan fingerprint density at radius 1 is 1.12 bits per heavy atom. The Hall–Kier alpha value is -0.0800. The van der Waals surface area contributed by atoms with E-state index in [1.807, 2.05) is 0 Å². The van der Waals surface area contributed by atoms with Gasteiger partial charge in [0, 0.05) is 12.6 Å². The Kier molecular flexibility index (Phi) is 4.48. The van der Waals surface area contributed by atoms with Crippen molar-refractivity contribution in [3.63, 3.8) is 0 Å². The summed E-state index contributed by atoms with van der Waals surface area (Å²) in [5, 5.41) is 0. The summed E-state index contributed by atoms with van der Waals surface area (Å²) in [6.07, 6.45) is 9.91. The molecule has 0 radical (unpaired) electrons. The standard InChI is InChI=1S/C15H30N2/c1-15(2,9-10-16)12-17-11-5-7-13-6-3-4-8-14(13)17/h13-14H,3-12,16H2,1-2H3/t13-,14-/m1/s1. The molecule has 2 rings (SSSR count). The van der Waals surface area contributed by atoms with Crippen LogP contribution >= 0.6 is 0 Å². The van der Waals surface area contributed by atoms with Crippen LogP contribution in [0.4, 0.5) is 0 Å². The van der Waals surface area contributed by atoms with Gasteiger partial charge in [0.1, 0.15) is 0 Å². The van der Waals surface area contributed by atoms with E-state index in [9.17, 15) is 0 Å². The van der Waals surface area contributed by atoms with E-state index in [2.05, 4.69) is 18.7 Å². The van der Waals surface area contributed by atoms with Crippen molar-refractivity contribution in [2.24, 2.45) is 17.1 Å². The number of hydrogen-bond donors (Lipinski definition) is 1. The van der Waals surface area contributed by atoms with Crippen LogP contribution in [-0.4, -0.2) is 30.6 Å². The summed E-state index contributed by atoms with van der Waals surface area (Å²) in [5.41, 5.74) is 6.13. The van der Waals surface area contributed by atoms with Crippen molar-refractivity contribution in [3.8, 4) is 0 Å². The third-order valence-corrected chi connectivity index (χ3v) is 4.81. The van der Waals surface area contributed by atoms with Gasteiger partial charge < -0.3 is 5.73 Å². The Balaban J connectivity index is 1.94. The fraction of sp³-hybridized carbons (Fsp3) is 1.00. The van der Waals surface area contributed by atoms with Gasteiger partial charge >= 0.3 is 0 Å². The fourth-order valence-electron chi connectivity index (χ4n) is 3.94. The van der Waals surface area contributed by atoms with Crippen molar-refractivity contribution in [2.75, 3.05) is 19.6 Å². The highest BCUT2D eigenvalue weighted by Gasteiger charge is 2.35. The fourth-order valence-corrected chi connectivity index (χ4v) is 3.94. The first kappa shape index (κ1) is 13.4. The third kappa shape index (κ3) is 3.45. The van der Waals surface area contributed by atoms with Crippen LogP contribution < -0.4 is 5.73 Å². The predicted octanol–water partition coefficient (Wildman–Crippen LogP) is 3.02. The number of nitrogens with zero attached hydrogens (tertiary/aromatic N) is 1. The van der Waals surface area contributed by atoms with Crippen molar-refractivity contribution in [2.45, 2.75) is 64.8 Å². The summed E-state index contributed by atoms with van der Waals surface area (Å²) >= 11 is 0. The highest BCUT2D eigenvalue weighted by atomic mass is 15.2. The first-order valence-electron chi connectivity index (χ1n) is 7.56. The molecule has 2 aliphatic rings. The number of fused-ring (bicyclic) bond motifs is 1. The van der Waals surface area contributed by atoms with Crippen LogP contribution in [0, 0.1) is 11.3 Å². The SMILES string of the molecule is CC(C)(CCN)CN1CCC[C@H]2CCCC[C@H]21. The van der Waals surface area contributed by atoms with Crippen molar-refractivity contribution >= 4 is 0 Å². The molecule has 2 heteroatoms. The molecule has 0 unspecified atom stereocenters.